The van der Waals surface area contributed by atoms with Crippen LogP contribution in [0.1, 0.15) is 30.3 Å². The van der Waals surface area contributed by atoms with Crippen LogP contribution in [0.4, 0.5) is 0 Å². The van der Waals surface area contributed by atoms with Crippen molar-refractivity contribution in [3.8, 4) is 11.4 Å². The quantitative estimate of drug-likeness (QED) is 0.568. The van der Waals surface area contributed by atoms with Crippen molar-refractivity contribution < 1.29 is 13.7 Å². The Morgan fingerprint density at radius 2 is 2.00 bits per heavy atom. The lowest BCUT2D eigenvalue weighted by molar-refractivity contribution is 0.0702. The first kappa shape index (κ1) is 18.4. The lowest BCUT2D eigenvalue weighted by Gasteiger charge is -2.22. The monoisotopic (exact) mass is 417 g/mol. The molecule has 3 aromatic rings. The average molecular weight is 418 g/mol. The molecule has 0 aliphatic carbocycles. The molecule has 0 aliphatic heterocycles. The van der Waals surface area contributed by atoms with Gasteiger partial charge >= 0.3 is 0 Å². The Balaban J connectivity index is 1.67. The number of halogens is 1. The summed E-state index contributed by atoms with van der Waals surface area (Å²) in [5.74, 6) is 1.60. The van der Waals surface area contributed by atoms with E-state index in [1.807, 2.05) is 24.3 Å². The summed E-state index contributed by atoms with van der Waals surface area (Å²) in [6, 6.07) is 11.1. The van der Waals surface area contributed by atoms with E-state index in [2.05, 4.69) is 39.9 Å². The minimum atomic E-state index is -0.128. The smallest absolute Gasteiger partial charge is 0.289 e. The molecule has 2 aromatic heterocycles. The third-order valence-electron chi connectivity index (χ3n) is 3.77. The van der Waals surface area contributed by atoms with Gasteiger partial charge < -0.3 is 13.8 Å². The van der Waals surface area contributed by atoms with E-state index in [4.69, 9.17) is 8.94 Å². The highest BCUT2D eigenvalue weighted by atomic mass is 79.9. The van der Waals surface area contributed by atoms with Crippen molar-refractivity contribution in [1.82, 2.24) is 15.0 Å². The number of carbonyl (C=O) groups excluding carboxylic acids is 1. The third-order valence-corrected chi connectivity index (χ3v) is 4.30. The van der Waals surface area contributed by atoms with E-state index in [-0.39, 0.29) is 5.91 Å². The summed E-state index contributed by atoms with van der Waals surface area (Å²) in [4.78, 5) is 18.8. The maximum atomic E-state index is 12.6. The van der Waals surface area contributed by atoms with E-state index in [0.29, 0.717) is 42.9 Å². The molecule has 2 heterocycles. The van der Waals surface area contributed by atoms with E-state index in [9.17, 15) is 4.79 Å². The summed E-state index contributed by atoms with van der Waals surface area (Å²) in [5, 5.41) is 4.03. The maximum absolute atomic E-state index is 12.6. The number of benzene rings is 1. The minimum Gasteiger partial charge on any atom is -0.459 e. The minimum absolute atomic E-state index is 0.128. The Kier molecular flexibility index (Phi) is 5.88. The topological polar surface area (TPSA) is 72.4 Å². The Hall–Kier alpha value is -2.41. The molecule has 6 nitrogen and oxygen atoms in total. The Morgan fingerprint density at radius 3 is 2.65 bits per heavy atom. The van der Waals surface area contributed by atoms with E-state index in [1.165, 1.54) is 6.26 Å². The molecular weight excluding hydrogens is 398 g/mol. The van der Waals surface area contributed by atoms with Gasteiger partial charge in [-0.25, -0.2) is 0 Å². The molecule has 0 spiro atoms. The largest absolute Gasteiger partial charge is 0.459 e. The molecule has 1 amide bonds. The SMILES string of the molecule is CC(C)CN(CCc1nc(-c2ccc(Br)cc2)no1)C(=O)c1ccco1. The van der Waals surface area contributed by atoms with Crippen LogP contribution in [-0.2, 0) is 6.42 Å². The number of hydrogen-bond acceptors (Lipinski definition) is 5. The number of furan rings is 1. The predicted octanol–water partition coefficient (Wildman–Crippen LogP) is 4.43. The fraction of sp³-hybridized carbons (Fsp3) is 0.316. The molecule has 0 N–H and O–H groups in total. The number of amides is 1. The normalized spacial score (nSPS) is 11.1. The third kappa shape index (κ3) is 4.60. The Bertz CT molecular complexity index is 841. The van der Waals surface area contributed by atoms with Crippen LogP contribution in [-0.4, -0.2) is 34.0 Å². The number of rotatable bonds is 7. The fourth-order valence-electron chi connectivity index (χ4n) is 2.58. The molecule has 0 saturated heterocycles. The van der Waals surface area contributed by atoms with Gasteiger partial charge in [0, 0.05) is 29.5 Å². The van der Waals surface area contributed by atoms with Gasteiger partial charge in [-0.15, -0.1) is 0 Å². The zero-order valence-electron chi connectivity index (χ0n) is 14.7. The molecule has 0 atom stereocenters. The van der Waals surface area contributed by atoms with Gasteiger partial charge in [0.25, 0.3) is 5.91 Å². The molecule has 0 fully saturated rings. The summed E-state index contributed by atoms with van der Waals surface area (Å²) in [6.45, 7) is 5.26. The molecule has 3 rings (SSSR count). The predicted molar refractivity (Wildman–Crippen MR) is 101 cm³/mol. The van der Waals surface area contributed by atoms with E-state index < -0.39 is 0 Å². The van der Waals surface area contributed by atoms with E-state index in [1.54, 1.807) is 17.0 Å². The highest BCUT2D eigenvalue weighted by Gasteiger charge is 2.20. The molecule has 7 heteroatoms. The zero-order chi connectivity index (χ0) is 18.5. The summed E-state index contributed by atoms with van der Waals surface area (Å²) >= 11 is 3.40. The first-order chi connectivity index (χ1) is 12.5. The van der Waals surface area contributed by atoms with Gasteiger partial charge in [-0.3, -0.25) is 4.79 Å². The van der Waals surface area contributed by atoms with Crippen LogP contribution in [0.2, 0.25) is 0 Å². The molecule has 0 unspecified atom stereocenters. The molecule has 1 aromatic carbocycles. The van der Waals surface area contributed by atoms with Crippen LogP contribution in [0.15, 0.2) is 56.1 Å². The summed E-state index contributed by atoms with van der Waals surface area (Å²) < 4.78 is 11.6. The lowest BCUT2D eigenvalue weighted by Crippen LogP contribution is -2.35. The second-order valence-corrected chi connectivity index (χ2v) is 7.31. The first-order valence-corrected chi connectivity index (χ1v) is 9.23. The number of hydrogen-bond donors (Lipinski definition) is 0. The van der Waals surface area contributed by atoms with Crippen molar-refractivity contribution in [2.75, 3.05) is 13.1 Å². The second kappa shape index (κ2) is 8.31. The molecule has 0 aliphatic rings. The number of aromatic nitrogens is 2. The van der Waals surface area contributed by atoms with E-state index >= 15 is 0 Å². The zero-order valence-corrected chi connectivity index (χ0v) is 16.3. The van der Waals surface area contributed by atoms with E-state index in [0.717, 1.165) is 10.0 Å². The van der Waals surface area contributed by atoms with Crippen molar-refractivity contribution in [1.29, 1.82) is 0 Å². The first-order valence-electron chi connectivity index (χ1n) is 8.44. The summed E-state index contributed by atoms with van der Waals surface area (Å²) in [5.41, 5.74) is 0.883. The summed E-state index contributed by atoms with van der Waals surface area (Å²) in [7, 11) is 0. The highest BCUT2D eigenvalue weighted by molar-refractivity contribution is 9.10. The van der Waals surface area contributed by atoms with Crippen LogP contribution in [0.5, 0.6) is 0 Å². The van der Waals surface area contributed by atoms with Crippen LogP contribution >= 0.6 is 15.9 Å². The standard InChI is InChI=1S/C19H20BrN3O3/c1-13(2)12-23(19(24)16-4-3-11-25-16)10-9-17-21-18(22-26-17)14-5-7-15(20)8-6-14/h3-8,11,13H,9-10,12H2,1-2H3. The lowest BCUT2D eigenvalue weighted by atomic mass is 10.2. The summed E-state index contributed by atoms with van der Waals surface area (Å²) in [6.07, 6.45) is 1.99. The van der Waals surface area contributed by atoms with Crippen LogP contribution in [0, 0.1) is 5.92 Å². The molecule has 136 valence electrons. The van der Waals surface area contributed by atoms with Crippen molar-refractivity contribution in [3.05, 3.63) is 58.8 Å². The number of carbonyl (C=O) groups is 1. The molecule has 26 heavy (non-hydrogen) atoms. The van der Waals surface area contributed by atoms with Gasteiger partial charge in [-0.05, 0) is 42.3 Å². The average Bonchev–Trinajstić information content (AvgIpc) is 3.30. The highest BCUT2D eigenvalue weighted by Crippen LogP contribution is 2.19. The van der Waals surface area contributed by atoms with Crippen molar-refractivity contribution in [2.24, 2.45) is 5.92 Å². The molecule has 0 radical (unpaired) electrons. The molecular formula is C19H20BrN3O3. The van der Waals surface area contributed by atoms with Crippen LogP contribution in [0.25, 0.3) is 11.4 Å². The Morgan fingerprint density at radius 1 is 1.23 bits per heavy atom. The second-order valence-electron chi connectivity index (χ2n) is 6.39. The van der Waals surface area contributed by atoms with Gasteiger partial charge in [0.1, 0.15) is 0 Å². The molecule has 0 saturated carbocycles. The van der Waals surface area contributed by atoms with Crippen LogP contribution < -0.4 is 0 Å². The van der Waals surface area contributed by atoms with Gasteiger partial charge in [-0.2, -0.15) is 4.98 Å². The Labute approximate surface area is 160 Å². The van der Waals surface area contributed by atoms with Crippen LogP contribution in [0.3, 0.4) is 0 Å². The molecule has 0 bridgehead atoms. The van der Waals surface area contributed by atoms with Gasteiger partial charge in [0.2, 0.25) is 11.7 Å². The van der Waals surface area contributed by atoms with Crippen molar-refractivity contribution in [2.45, 2.75) is 20.3 Å². The fourth-order valence-corrected chi connectivity index (χ4v) is 2.84. The van der Waals surface area contributed by atoms with Gasteiger partial charge in [-0.1, -0.05) is 34.9 Å². The number of nitrogens with zero attached hydrogens (tertiary/aromatic N) is 3. The van der Waals surface area contributed by atoms with Gasteiger partial charge in [0.05, 0.1) is 6.26 Å². The van der Waals surface area contributed by atoms with Gasteiger partial charge in [0.15, 0.2) is 5.76 Å². The van der Waals surface area contributed by atoms with Crippen molar-refractivity contribution in [3.63, 3.8) is 0 Å². The van der Waals surface area contributed by atoms with Crippen molar-refractivity contribution >= 4 is 21.8 Å². The maximum Gasteiger partial charge on any atom is 0.289 e.